The molecule has 0 spiro atoms. The summed E-state index contributed by atoms with van der Waals surface area (Å²) in [5.41, 5.74) is 0. The summed E-state index contributed by atoms with van der Waals surface area (Å²) in [6.07, 6.45) is 8.37. The summed E-state index contributed by atoms with van der Waals surface area (Å²) >= 11 is 0. The van der Waals surface area contributed by atoms with Gasteiger partial charge in [-0.1, -0.05) is 12.5 Å². The first-order valence-electron chi connectivity index (χ1n) is 7.11. The van der Waals surface area contributed by atoms with Crippen LogP contribution < -0.4 is 5.32 Å². The van der Waals surface area contributed by atoms with Crippen molar-refractivity contribution in [2.24, 2.45) is 4.99 Å². The number of halogens is 1. The Kier molecular flexibility index (Phi) is 14.6. The summed E-state index contributed by atoms with van der Waals surface area (Å²) in [4.78, 5) is 6.28. The standard InChI is InChI=1S/C14H29N3O2S.HI/c1-5-6-7-8-9-12-17(3)14(15-2)16-11-10-13-20(4,18)19;/h5H,1,6-13H2,2-4H3,(H,15,16);1H. The number of hydrogen-bond acceptors (Lipinski definition) is 3. The Morgan fingerprint density at radius 3 is 2.48 bits per heavy atom. The summed E-state index contributed by atoms with van der Waals surface area (Å²) in [7, 11) is 0.869. The van der Waals surface area contributed by atoms with E-state index in [0.29, 0.717) is 13.0 Å². The monoisotopic (exact) mass is 431 g/mol. The molecule has 0 aliphatic carbocycles. The van der Waals surface area contributed by atoms with E-state index in [1.54, 1.807) is 7.05 Å². The molecule has 0 aromatic carbocycles. The molecule has 0 amide bonds. The topological polar surface area (TPSA) is 61.8 Å². The van der Waals surface area contributed by atoms with Crippen molar-refractivity contribution in [1.82, 2.24) is 10.2 Å². The molecule has 0 aromatic rings. The third kappa shape index (κ3) is 14.4. The van der Waals surface area contributed by atoms with Crippen LogP contribution in [-0.4, -0.2) is 58.5 Å². The lowest BCUT2D eigenvalue weighted by molar-refractivity contribution is 0.455. The van der Waals surface area contributed by atoms with E-state index in [1.165, 1.54) is 19.1 Å². The van der Waals surface area contributed by atoms with Crippen LogP contribution in [0.2, 0.25) is 0 Å². The summed E-state index contributed by atoms with van der Waals surface area (Å²) in [5, 5.41) is 3.19. The third-order valence-electron chi connectivity index (χ3n) is 2.95. The Hall–Kier alpha value is -0.310. The molecule has 0 unspecified atom stereocenters. The predicted octanol–water partition coefficient (Wildman–Crippen LogP) is 2.29. The first-order chi connectivity index (χ1) is 9.40. The maximum Gasteiger partial charge on any atom is 0.193 e. The van der Waals surface area contributed by atoms with Gasteiger partial charge in [-0.05, 0) is 25.7 Å². The number of unbranched alkanes of at least 4 members (excludes halogenated alkanes) is 3. The average Bonchev–Trinajstić information content (AvgIpc) is 2.37. The van der Waals surface area contributed by atoms with Gasteiger partial charge in [-0.2, -0.15) is 0 Å². The van der Waals surface area contributed by atoms with Gasteiger partial charge in [-0.3, -0.25) is 4.99 Å². The Morgan fingerprint density at radius 2 is 1.95 bits per heavy atom. The average molecular weight is 431 g/mol. The van der Waals surface area contributed by atoms with E-state index in [1.807, 2.05) is 13.1 Å². The molecule has 0 aromatic heterocycles. The Balaban J connectivity index is 0. The predicted molar refractivity (Wildman–Crippen MR) is 102 cm³/mol. The highest BCUT2D eigenvalue weighted by Crippen LogP contribution is 2.01. The number of nitrogens with zero attached hydrogens (tertiary/aromatic N) is 2. The van der Waals surface area contributed by atoms with E-state index in [2.05, 4.69) is 21.8 Å². The number of hydrogen-bond donors (Lipinski definition) is 1. The van der Waals surface area contributed by atoms with Crippen molar-refractivity contribution >= 4 is 39.8 Å². The molecule has 0 heterocycles. The van der Waals surface area contributed by atoms with Gasteiger partial charge in [-0.25, -0.2) is 8.42 Å². The second kappa shape index (κ2) is 13.4. The third-order valence-corrected chi connectivity index (χ3v) is 3.98. The minimum Gasteiger partial charge on any atom is -0.356 e. The van der Waals surface area contributed by atoms with Crippen LogP contribution in [0.5, 0.6) is 0 Å². The lowest BCUT2D eigenvalue weighted by Gasteiger charge is -2.22. The minimum atomic E-state index is -2.87. The highest BCUT2D eigenvalue weighted by molar-refractivity contribution is 14.0. The molecule has 21 heavy (non-hydrogen) atoms. The van der Waals surface area contributed by atoms with Gasteiger partial charge in [0.1, 0.15) is 9.84 Å². The Bertz CT molecular complexity index is 397. The number of aliphatic imine (C=N–C) groups is 1. The lowest BCUT2D eigenvalue weighted by Crippen LogP contribution is -2.40. The van der Waals surface area contributed by atoms with Gasteiger partial charge in [0.2, 0.25) is 0 Å². The van der Waals surface area contributed by atoms with Gasteiger partial charge in [0.05, 0.1) is 5.75 Å². The van der Waals surface area contributed by atoms with Crippen molar-refractivity contribution in [2.45, 2.75) is 32.1 Å². The SMILES string of the molecule is C=CCCCCCN(C)C(=NC)NCCCS(C)(=O)=O.I. The smallest absolute Gasteiger partial charge is 0.193 e. The molecule has 126 valence electrons. The van der Waals surface area contributed by atoms with Crippen molar-refractivity contribution < 1.29 is 8.42 Å². The fourth-order valence-corrected chi connectivity index (χ4v) is 2.51. The van der Waals surface area contributed by atoms with Crippen LogP contribution >= 0.6 is 24.0 Å². The van der Waals surface area contributed by atoms with E-state index < -0.39 is 9.84 Å². The Labute approximate surface area is 147 Å². The molecule has 0 radical (unpaired) electrons. The first-order valence-corrected chi connectivity index (χ1v) is 9.17. The quantitative estimate of drug-likeness (QED) is 0.190. The summed E-state index contributed by atoms with van der Waals surface area (Å²) < 4.78 is 22.1. The van der Waals surface area contributed by atoms with E-state index in [0.717, 1.165) is 25.3 Å². The highest BCUT2D eigenvalue weighted by atomic mass is 127. The van der Waals surface area contributed by atoms with Crippen molar-refractivity contribution in [3.8, 4) is 0 Å². The van der Waals surface area contributed by atoms with Crippen LogP contribution in [0.1, 0.15) is 32.1 Å². The zero-order valence-electron chi connectivity index (χ0n) is 13.5. The zero-order chi connectivity index (χ0) is 15.4. The van der Waals surface area contributed by atoms with Crippen LogP contribution in [0.25, 0.3) is 0 Å². The molecular weight excluding hydrogens is 401 g/mol. The molecule has 0 saturated heterocycles. The fourth-order valence-electron chi connectivity index (χ4n) is 1.84. The maximum absolute atomic E-state index is 11.0. The molecule has 0 aliphatic rings. The van der Waals surface area contributed by atoms with E-state index in [9.17, 15) is 8.42 Å². The number of guanidine groups is 1. The molecule has 0 bridgehead atoms. The minimum absolute atomic E-state index is 0. The molecule has 0 aliphatic heterocycles. The number of allylic oxidation sites excluding steroid dienone is 1. The van der Waals surface area contributed by atoms with E-state index in [4.69, 9.17) is 0 Å². The van der Waals surface area contributed by atoms with Gasteiger partial charge in [0.15, 0.2) is 5.96 Å². The van der Waals surface area contributed by atoms with Crippen LogP contribution in [-0.2, 0) is 9.84 Å². The van der Waals surface area contributed by atoms with Crippen molar-refractivity contribution in [3.63, 3.8) is 0 Å². The van der Waals surface area contributed by atoms with E-state index in [-0.39, 0.29) is 29.7 Å². The molecule has 1 N–H and O–H groups in total. The summed E-state index contributed by atoms with van der Waals surface area (Å²) in [6, 6.07) is 0. The second-order valence-electron chi connectivity index (χ2n) is 5.02. The Morgan fingerprint density at radius 1 is 1.29 bits per heavy atom. The van der Waals surface area contributed by atoms with E-state index >= 15 is 0 Å². The lowest BCUT2D eigenvalue weighted by atomic mass is 10.2. The van der Waals surface area contributed by atoms with Gasteiger partial charge in [0.25, 0.3) is 0 Å². The van der Waals surface area contributed by atoms with Gasteiger partial charge < -0.3 is 10.2 Å². The molecule has 0 rings (SSSR count). The zero-order valence-corrected chi connectivity index (χ0v) is 16.6. The van der Waals surface area contributed by atoms with Crippen LogP contribution in [0.3, 0.4) is 0 Å². The van der Waals surface area contributed by atoms with Crippen LogP contribution in [0.15, 0.2) is 17.6 Å². The summed E-state index contributed by atoms with van der Waals surface area (Å²) in [6.45, 7) is 5.28. The number of nitrogens with one attached hydrogen (secondary N) is 1. The van der Waals surface area contributed by atoms with Crippen molar-refractivity contribution in [1.29, 1.82) is 0 Å². The summed E-state index contributed by atoms with van der Waals surface area (Å²) in [5.74, 6) is 1.03. The normalized spacial score (nSPS) is 11.7. The second-order valence-corrected chi connectivity index (χ2v) is 7.28. The fraction of sp³-hybridized carbons (Fsp3) is 0.786. The molecule has 0 saturated carbocycles. The van der Waals surface area contributed by atoms with Gasteiger partial charge in [0, 0.05) is 33.4 Å². The largest absolute Gasteiger partial charge is 0.356 e. The molecule has 7 heteroatoms. The van der Waals surface area contributed by atoms with Crippen LogP contribution in [0, 0.1) is 0 Å². The molecule has 0 fully saturated rings. The highest BCUT2D eigenvalue weighted by Gasteiger charge is 2.06. The van der Waals surface area contributed by atoms with Crippen LogP contribution in [0.4, 0.5) is 0 Å². The first kappa shape index (κ1) is 23.0. The van der Waals surface area contributed by atoms with Crippen molar-refractivity contribution in [2.75, 3.05) is 39.2 Å². The number of sulfone groups is 1. The molecule has 0 atom stereocenters. The van der Waals surface area contributed by atoms with Gasteiger partial charge in [-0.15, -0.1) is 30.6 Å². The maximum atomic E-state index is 11.0. The van der Waals surface area contributed by atoms with Gasteiger partial charge >= 0.3 is 0 Å². The molecular formula is C14H30IN3O2S. The van der Waals surface area contributed by atoms with Crippen molar-refractivity contribution in [3.05, 3.63) is 12.7 Å². The number of rotatable bonds is 10. The molecule has 5 nitrogen and oxygen atoms in total.